The Labute approximate surface area is 139 Å². The van der Waals surface area contributed by atoms with Crippen molar-refractivity contribution < 1.29 is 9.59 Å². The third-order valence-electron chi connectivity index (χ3n) is 5.38. The molecule has 0 unspecified atom stereocenters. The number of nitrogens with two attached hydrogens (primary N) is 1. The molecule has 1 saturated heterocycles. The zero-order valence-corrected chi connectivity index (χ0v) is 13.3. The monoisotopic (exact) mass is 325 g/mol. The van der Waals surface area contributed by atoms with Crippen LogP contribution < -0.4 is 5.73 Å². The highest BCUT2D eigenvalue weighted by atomic mass is 16.2. The van der Waals surface area contributed by atoms with E-state index in [0.29, 0.717) is 24.5 Å². The van der Waals surface area contributed by atoms with Gasteiger partial charge in [-0.2, -0.15) is 5.10 Å². The van der Waals surface area contributed by atoms with Crippen LogP contribution in [0, 0.1) is 11.3 Å². The van der Waals surface area contributed by atoms with E-state index in [4.69, 9.17) is 5.73 Å². The summed E-state index contributed by atoms with van der Waals surface area (Å²) in [4.78, 5) is 30.9. The summed E-state index contributed by atoms with van der Waals surface area (Å²) in [6.45, 7) is 1.02. The molecule has 0 radical (unpaired) electrons. The number of amides is 2. The maximum Gasteiger partial charge on any atom is 0.254 e. The predicted molar refractivity (Wildman–Crippen MR) is 86.2 cm³/mol. The molecule has 2 atom stereocenters. The summed E-state index contributed by atoms with van der Waals surface area (Å²) >= 11 is 0. The van der Waals surface area contributed by atoms with Gasteiger partial charge in [0.1, 0.15) is 0 Å². The highest BCUT2D eigenvalue weighted by Crippen LogP contribution is 2.48. The van der Waals surface area contributed by atoms with E-state index in [-0.39, 0.29) is 17.7 Å². The van der Waals surface area contributed by atoms with Crippen molar-refractivity contribution in [3.8, 4) is 5.82 Å². The Morgan fingerprint density at radius 1 is 1.33 bits per heavy atom. The van der Waals surface area contributed by atoms with Crippen LogP contribution in [0.1, 0.15) is 29.6 Å². The molecule has 124 valence electrons. The first-order chi connectivity index (χ1) is 11.6. The Bertz CT molecular complexity index is 788. The Hall–Kier alpha value is -2.70. The van der Waals surface area contributed by atoms with Crippen molar-refractivity contribution in [2.45, 2.75) is 19.3 Å². The van der Waals surface area contributed by atoms with Crippen molar-refractivity contribution in [1.29, 1.82) is 0 Å². The molecule has 2 N–H and O–H groups in total. The SMILES string of the molecule is NC(=O)[C@]12CCC[C@H]1CN(C(=O)c1ccnc(-n3cccn3)c1)C2. The van der Waals surface area contributed by atoms with Gasteiger partial charge in [0.2, 0.25) is 5.91 Å². The van der Waals surface area contributed by atoms with Gasteiger partial charge < -0.3 is 10.6 Å². The number of hydrogen-bond acceptors (Lipinski definition) is 4. The van der Waals surface area contributed by atoms with Crippen LogP contribution in [0.2, 0.25) is 0 Å². The van der Waals surface area contributed by atoms with Crippen LogP contribution in [0.15, 0.2) is 36.8 Å². The highest BCUT2D eigenvalue weighted by molar-refractivity contribution is 5.95. The van der Waals surface area contributed by atoms with E-state index in [1.165, 1.54) is 0 Å². The smallest absolute Gasteiger partial charge is 0.254 e. The van der Waals surface area contributed by atoms with Gasteiger partial charge in [-0.3, -0.25) is 9.59 Å². The second-order valence-corrected chi connectivity index (χ2v) is 6.65. The minimum Gasteiger partial charge on any atom is -0.369 e. The Morgan fingerprint density at radius 2 is 2.21 bits per heavy atom. The first-order valence-electron chi connectivity index (χ1n) is 8.15. The Morgan fingerprint density at radius 3 is 2.92 bits per heavy atom. The highest BCUT2D eigenvalue weighted by Gasteiger charge is 2.54. The van der Waals surface area contributed by atoms with Gasteiger partial charge in [0.15, 0.2) is 5.82 Å². The number of likely N-dealkylation sites (tertiary alicyclic amines) is 1. The molecule has 0 aromatic carbocycles. The minimum absolute atomic E-state index is 0.0826. The number of fused-ring (bicyclic) bond motifs is 1. The van der Waals surface area contributed by atoms with Crippen LogP contribution in [0.25, 0.3) is 5.82 Å². The molecule has 2 fully saturated rings. The van der Waals surface area contributed by atoms with Crippen molar-refractivity contribution in [3.63, 3.8) is 0 Å². The fourth-order valence-corrected chi connectivity index (χ4v) is 4.11. The summed E-state index contributed by atoms with van der Waals surface area (Å²) in [5, 5.41) is 4.13. The van der Waals surface area contributed by atoms with Crippen molar-refractivity contribution in [2.75, 3.05) is 13.1 Å². The minimum atomic E-state index is -0.534. The lowest BCUT2D eigenvalue weighted by atomic mass is 9.80. The van der Waals surface area contributed by atoms with Gasteiger partial charge >= 0.3 is 0 Å². The normalized spacial score (nSPS) is 25.7. The molecule has 2 aliphatic rings. The van der Waals surface area contributed by atoms with E-state index in [1.54, 1.807) is 46.4 Å². The zero-order chi connectivity index (χ0) is 16.7. The fourth-order valence-electron chi connectivity index (χ4n) is 4.11. The number of hydrogen-bond donors (Lipinski definition) is 1. The van der Waals surface area contributed by atoms with E-state index in [0.717, 1.165) is 19.3 Å². The first kappa shape index (κ1) is 14.9. The average molecular weight is 325 g/mol. The summed E-state index contributed by atoms with van der Waals surface area (Å²) in [5.41, 5.74) is 5.68. The van der Waals surface area contributed by atoms with Gasteiger partial charge in [0, 0.05) is 37.2 Å². The molecule has 7 nitrogen and oxygen atoms in total. The molecular weight excluding hydrogens is 306 g/mol. The number of carbonyl (C=O) groups is 2. The predicted octanol–water partition coefficient (Wildman–Crippen LogP) is 0.995. The van der Waals surface area contributed by atoms with Crippen LogP contribution in [0.5, 0.6) is 0 Å². The number of rotatable bonds is 3. The topological polar surface area (TPSA) is 94.1 Å². The molecule has 1 aliphatic carbocycles. The summed E-state index contributed by atoms with van der Waals surface area (Å²) < 4.78 is 1.61. The first-order valence-corrected chi connectivity index (χ1v) is 8.15. The molecule has 7 heteroatoms. The molecule has 0 spiro atoms. The maximum absolute atomic E-state index is 12.9. The Balaban J connectivity index is 1.59. The van der Waals surface area contributed by atoms with Crippen LogP contribution >= 0.6 is 0 Å². The van der Waals surface area contributed by atoms with Crippen molar-refractivity contribution in [3.05, 3.63) is 42.4 Å². The quantitative estimate of drug-likeness (QED) is 0.910. The van der Waals surface area contributed by atoms with Crippen LogP contribution in [0.3, 0.4) is 0 Å². The van der Waals surface area contributed by atoms with E-state index >= 15 is 0 Å². The number of pyridine rings is 1. The Kier molecular flexibility index (Phi) is 3.37. The number of aromatic nitrogens is 3. The molecule has 2 amide bonds. The lowest BCUT2D eigenvalue weighted by molar-refractivity contribution is -0.128. The van der Waals surface area contributed by atoms with Gasteiger partial charge in [-0.25, -0.2) is 9.67 Å². The second-order valence-electron chi connectivity index (χ2n) is 6.65. The maximum atomic E-state index is 12.9. The van der Waals surface area contributed by atoms with Gasteiger partial charge in [-0.05, 0) is 37.0 Å². The molecule has 3 heterocycles. The van der Waals surface area contributed by atoms with Gasteiger partial charge in [-0.15, -0.1) is 0 Å². The van der Waals surface area contributed by atoms with E-state index in [9.17, 15) is 9.59 Å². The molecule has 0 bridgehead atoms. The molecule has 2 aromatic heterocycles. The fraction of sp³-hybridized carbons (Fsp3) is 0.412. The standard InChI is InChI=1S/C17H19N5O2/c18-16(24)17-5-1-3-13(17)10-21(11-17)15(23)12-4-7-19-14(9-12)22-8-2-6-20-22/h2,4,6-9,13H,1,3,5,10-11H2,(H2,18,24)/t13-,17-/m0/s1. The number of nitrogens with zero attached hydrogens (tertiary/aromatic N) is 4. The van der Waals surface area contributed by atoms with Crippen molar-refractivity contribution in [2.24, 2.45) is 17.1 Å². The van der Waals surface area contributed by atoms with Gasteiger partial charge in [0.25, 0.3) is 5.91 Å². The summed E-state index contributed by atoms with van der Waals surface area (Å²) in [7, 11) is 0. The summed E-state index contributed by atoms with van der Waals surface area (Å²) in [6.07, 6.45) is 7.79. The average Bonchev–Trinajstić information content (AvgIpc) is 3.29. The largest absolute Gasteiger partial charge is 0.369 e. The van der Waals surface area contributed by atoms with Crippen molar-refractivity contribution >= 4 is 11.8 Å². The summed E-state index contributed by atoms with van der Waals surface area (Å²) in [5.74, 6) is 0.425. The molecular formula is C17H19N5O2. The molecule has 2 aromatic rings. The van der Waals surface area contributed by atoms with Crippen molar-refractivity contribution in [1.82, 2.24) is 19.7 Å². The number of carbonyl (C=O) groups excluding carboxylic acids is 2. The van der Waals surface area contributed by atoms with Gasteiger partial charge in [-0.1, -0.05) is 6.42 Å². The third-order valence-corrected chi connectivity index (χ3v) is 5.38. The van der Waals surface area contributed by atoms with E-state index in [1.807, 2.05) is 0 Å². The van der Waals surface area contributed by atoms with Crippen LogP contribution in [-0.2, 0) is 4.79 Å². The lowest BCUT2D eigenvalue weighted by Crippen LogP contribution is -2.41. The number of primary amides is 1. The van der Waals surface area contributed by atoms with E-state index in [2.05, 4.69) is 10.1 Å². The molecule has 1 saturated carbocycles. The molecule has 1 aliphatic heterocycles. The van der Waals surface area contributed by atoms with Crippen LogP contribution in [0.4, 0.5) is 0 Å². The third kappa shape index (κ3) is 2.19. The van der Waals surface area contributed by atoms with Gasteiger partial charge in [0.05, 0.1) is 5.41 Å². The summed E-state index contributed by atoms with van der Waals surface area (Å²) in [6, 6.07) is 5.22. The molecule has 4 rings (SSSR count). The van der Waals surface area contributed by atoms with E-state index < -0.39 is 5.41 Å². The lowest BCUT2D eigenvalue weighted by Gasteiger charge is -2.24. The zero-order valence-electron chi connectivity index (χ0n) is 13.3. The van der Waals surface area contributed by atoms with Crippen LogP contribution in [-0.4, -0.2) is 44.6 Å². The second kappa shape index (κ2) is 5.43. The molecule has 24 heavy (non-hydrogen) atoms.